The first-order chi connectivity index (χ1) is 8.30. The van der Waals surface area contributed by atoms with Gasteiger partial charge in [0.15, 0.2) is 0 Å². The van der Waals surface area contributed by atoms with E-state index in [4.69, 9.17) is 0 Å². The predicted octanol–water partition coefficient (Wildman–Crippen LogP) is 2.44. The molecular formula is C14H19N3O. The van der Waals surface area contributed by atoms with E-state index in [1.54, 1.807) is 15.8 Å². The molecule has 18 heavy (non-hydrogen) atoms. The van der Waals surface area contributed by atoms with Gasteiger partial charge >= 0.3 is 0 Å². The molecule has 0 fully saturated rings. The van der Waals surface area contributed by atoms with E-state index < -0.39 is 0 Å². The van der Waals surface area contributed by atoms with Crippen LogP contribution in [0.2, 0.25) is 0 Å². The third kappa shape index (κ3) is 2.10. The summed E-state index contributed by atoms with van der Waals surface area (Å²) in [5.74, 6) is 0.0330. The number of aromatic nitrogens is 2. The number of hydrogen-bond donors (Lipinski definition) is 0. The lowest BCUT2D eigenvalue weighted by molar-refractivity contribution is 0.0656. The average Bonchev–Trinajstić information content (AvgIpc) is 2.67. The minimum atomic E-state index is -0.182. The number of hydrogen-bond acceptors (Lipinski definition) is 2. The standard InChI is InChI=1S/C14H19N3O/c1-14(2,3)16(4)13(18)10-6-7-11-9-15-17(5)12(11)8-10/h6-9H,1-5H3. The molecule has 1 amide bonds. The van der Waals surface area contributed by atoms with Crippen LogP contribution >= 0.6 is 0 Å². The summed E-state index contributed by atoms with van der Waals surface area (Å²) in [6.07, 6.45) is 1.80. The molecule has 0 N–H and O–H groups in total. The Labute approximate surface area is 107 Å². The van der Waals surface area contributed by atoms with Crippen molar-refractivity contribution in [1.82, 2.24) is 14.7 Å². The smallest absolute Gasteiger partial charge is 0.254 e. The zero-order valence-electron chi connectivity index (χ0n) is 11.6. The van der Waals surface area contributed by atoms with E-state index in [0.29, 0.717) is 5.56 Å². The van der Waals surface area contributed by atoms with E-state index in [1.807, 2.05) is 53.1 Å². The van der Waals surface area contributed by atoms with Crippen LogP contribution in [0.4, 0.5) is 0 Å². The molecule has 0 radical (unpaired) electrons. The zero-order chi connectivity index (χ0) is 13.5. The topological polar surface area (TPSA) is 38.1 Å². The highest BCUT2D eigenvalue weighted by molar-refractivity contribution is 5.98. The van der Waals surface area contributed by atoms with E-state index in [9.17, 15) is 4.79 Å². The predicted molar refractivity (Wildman–Crippen MR) is 72.6 cm³/mol. The Morgan fingerprint density at radius 2 is 2.00 bits per heavy atom. The van der Waals surface area contributed by atoms with Crippen LogP contribution in [-0.2, 0) is 7.05 Å². The highest BCUT2D eigenvalue weighted by Gasteiger charge is 2.23. The molecule has 96 valence electrons. The molecule has 0 bridgehead atoms. The van der Waals surface area contributed by atoms with Gasteiger partial charge in [0.2, 0.25) is 0 Å². The van der Waals surface area contributed by atoms with Gasteiger partial charge in [0.1, 0.15) is 0 Å². The Kier molecular flexibility index (Phi) is 2.89. The van der Waals surface area contributed by atoms with Gasteiger partial charge < -0.3 is 4.90 Å². The summed E-state index contributed by atoms with van der Waals surface area (Å²) in [4.78, 5) is 14.1. The maximum absolute atomic E-state index is 12.4. The maximum atomic E-state index is 12.4. The maximum Gasteiger partial charge on any atom is 0.254 e. The first kappa shape index (κ1) is 12.6. The fraction of sp³-hybridized carbons (Fsp3) is 0.429. The van der Waals surface area contributed by atoms with Crippen LogP contribution in [0.5, 0.6) is 0 Å². The number of rotatable bonds is 1. The van der Waals surface area contributed by atoms with Crippen LogP contribution in [0.25, 0.3) is 10.9 Å². The normalized spacial score (nSPS) is 11.8. The first-order valence-electron chi connectivity index (χ1n) is 6.00. The number of amides is 1. The van der Waals surface area contributed by atoms with Crippen molar-refractivity contribution in [2.45, 2.75) is 26.3 Å². The molecule has 0 unspecified atom stereocenters. The van der Waals surface area contributed by atoms with E-state index >= 15 is 0 Å². The van der Waals surface area contributed by atoms with Gasteiger partial charge in [-0.15, -0.1) is 0 Å². The van der Waals surface area contributed by atoms with Crippen LogP contribution in [-0.4, -0.2) is 33.2 Å². The third-order valence-electron chi connectivity index (χ3n) is 3.31. The van der Waals surface area contributed by atoms with Gasteiger partial charge in [-0.1, -0.05) is 6.07 Å². The van der Waals surface area contributed by atoms with Gasteiger partial charge in [-0.2, -0.15) is 5.10 Å². The van der Waals surface area contributed by atoms with E-state index in [2.05, 4.69) is 5.10 Å². The number of nitrogens with zero attached hydrogens (tertiary/aromatic N) is 3. The summed E-state index contributed by atoms with van der Waals surface area (Å²) in [5.41, 5.74) is 1.49. The highest BCUT2D eigenvalue weighted by Crippen LogP contribution is 2.19. The molecule has 0 aliphatic rings. The van der Waals surface area contributed by atoms with Crippen molar-refractivity contribution in [2.24, 2.45) is 7.05 Å². The Morgan fingerprint density at radius 1 is 1.33 bits per heavy atom. The second-order valence-electron chi connectivity index (χ2n) is 5.58. The highest BCUT2D eigenvalue weighted by atomic mass is 16.2. The van der Waals surface area contributed by atoms with Crippen molar-refractivity contribution in [2.75, 3.05) is 7.05 Å². The van der Waals surface area contributed by atoms with Crippen molar-refractivity contribution >= 4 is 16.8 Å². The lowest BCUT2D eigenvalue weighted by Gasteiger charge is -2.32. The lowest BCUT2D eigenvalue weighted by atomic mass is 10.0. The first-order valence-corrected chi connectivity index (χ1v) is 6.00. The molecule has 0 aliphatic heterocycles. The van der Waals surface area contributed by atoms with E-state index in [0.717, 1.165) is 10.9 Å². The summed E-state index contributed by atoms with van der Waals surface area (Å²) < 4.78 is 1.78. The van der Waals surface area contributed by atoms with Crippen molar-refractivity contribution in [1.29, 1.82) is 0 Å². The summed E-state index contributed by atoms with van der Waals surface area (Å²) in [7, 11) is 3.71. The fourth-order valence-electron chi connectivity index (χ4n) is 1.78. The Bertz CT molecular complexity index is 593. The number of carbonyl (C=O) groups excluding carboxylic acids is 1. The second kappa shape index (κ2) is 4.12. The van der Waals surface area contributed by atoms with Crippen molar-refractivity contribution < 1.29 is 4.79 Å². The number of aryl methyl sites for hydroxylation is 1. The monoisotopic (exact) mass is 245 g/mol. The number of fused-ring (bicyclic) bond motifs is 1. The van der Waals surface area contributed by atoms with Crippen LogP contribution in [0, 0.1) is 0 Å². The molecule has 0 atom stereocenters. The quantitative estimate of drug-likeness (QED) is 0.774. The second-order valence-corrected chi connectivity index (χ2v) is 5.58. The molecule has 0 saturated carbocycles. The Hall–Kier alpha value is -1.84. The molecule has 1 aromatic carbocycles. The minimum Gasteiger partial charge on any atom is -0.337 e. The fourth-order valence-corrected chi connectivity index (χ4v) is 1.78. The van der Waals surface area contributed by atoms with Gasteiger partial charge in [0.05, 0.1) is 11.7 Å². The summed E-state index contributed by atoms with van der Waals surface area (Å²) in [5, 5.41) is 5.23. The molecule has 2 aromatic rings. The minimum absolute atomic E-state index is 0.0330. The largest absolute Gasteiger partial charge is 0.337 e. The molecule has 1 aromatic heterocycles. The van der Waals surface area contributed by atoms with Crippen LogP contribution in [0.15, 0.2) is 24.4 Å². The number of benzene rings is 1. The molecule has 2 rings (SSSR count). The summed E-state index contributed by atoms with van der Waals surface area (Å²) in [6.45, 7) is 6.06. The summed E-state index contributed by atoms with van der Waals surface area (Å²) >= 11 is 0. The van der Waals surface area contributed by atoms with E-state index in [-0.39, 0.29) is 11.4 Å². The van der Waals surface area contributed by atoms with Gasteiger partial charge in [-0.3, -0.25) is 9.48 Å². The van der Waals surface area contributed by atoms with Crippen LogP contribution in [0.3, 0.4) is 0 Å². The van der Waals surface area contributed by atoms with Gasteiger partial charge in [-0.25, -0.2) is 0 Å². The van der Waals surface area contributed by atoms with E-state index in [1.165, 1.54) is 0 Å². The molecule has 4 heteroatoms. The van der Waals surface area contributed by atoms with Crippen LogP contribution < -0.4 is 0 Å². The average molecular weight is 245 g/mol. The molecule has 1 heterocycles. The molecule has 0 aliphatic carbocycles. The van der Waals surface area contributed by atoms with Crippen molar-refractivity contribution in [3.8, 4) is 0 Å². The zero-order valence-corrected chi connectivity index (χ0v) is 11.6. The molecule has 4 nitrogen and oxygen atoms in total. The van der Waals surface area contributed by atoms with Gasteiger partial charge in [0, 0.05) is 30.6 Å². The van der Waals surface area contributed by atoms with Crippen molar-refractivity contribution in [3.05, 3.63) is 30.0 Å². The van der Waals surface area contributed by atoms with Gasteiger partial charge in [-0.05, 0) is 32.9 Å². The van der Waals surface area contributed by atoms with Gasteiger partial charge in [0.25, 0.3) is 5.91 Å². The molecular weight excluding hydrogens is 226 g/mol. The van der Waals surface area contributed by atoms with Crippen LogP contribution in [0.1, 0.15) is 31.1 Å². The molecule has 0 saturated heterocycles. The lowest BCUT2D eigenvalue weighted by Crippen LogP contribution is -2.42. The Balaban J connectivity index is 2.42. The number of carbonyl (C=O) groups is 1. The SMILES string of the molecule is CN(C(=O)c1ccc2cnn(C)c2c1)C(C)(C)C. The Morgan fingerprint density at radius 3 is 2.61 bits per heavy atom. The van der Waals surface area contributed by atoms with Crippen molar-refractivity contribution in [3.63, 3.8) is 0 Å². The summed E-state index contributed by atoms with van der Waals surface area (Å²) in [6, 6.07) is 5.69. The third-order valence-corrected chi connectivity index (χ3v) is 3.31. The molecule has 0 spiro atoms.